The van der Waals surface area contributed by atoms with Crippen molar-refractivity contribution in [1.29, 1.82) is 0 Å². The fourth-order valence-corrected chi connectivity index (χ4v) is 3.55. The van der Waals surface area contributed by atoms with Crippen molar-refractivity contribution in [2.45, 2.75) is 57.4 Å². The first-order valence-electron chi connectivity index (χ1n) is 7.88. The molecule has 1 saturated carbocycles. The van der Waals surface area contributed by atoms with Crippen molar-refractivity contribution in [3.05, 3.63) is 0 Å². The Morgan fingerprint density at radius 3 is 2.60 bits per heavy atom. The molecular formula is C15H27N3O2. The lowest BCUT2D eigenvalue weighted by Crippen LogP contribution is -2.41. The number of likely N-dealkylation sites (tertiary alicyclic amines) is 1. The van der Waals surface area contributed by atoms with Crippen LogP contribution in [0.2, 0.25) is 0 Å². The van der Waals surface area contributed by atoms with Crippen LogP contribution >= 0.6 is 0 Å². The molecule has 5 heteroatoms. The Bertz CT molecular complexity index is 359. The van der Waals surface area contributed by atoms with Gasteiger partial charge in [-0.25, -0.2) is 0 Å². The monoisotopic (exact) mass is 281 g/mol. The van der Waals surface area contributed by atoms with Crippen molar-refractivity contribution in [3.63, 3.8) is 0 Å². The molecule has 5 nitrogen and oxygen atoms in total. The smallest absolute Gasteiger partial charge is 0.222 e. The van der Waals surface area contributed by atoms with Gasteiger partial charge >= 0.3 is 0 Å². The van der Waals surface area contributed by atoms with Gasteiger partial charge in [0, 0.05) is 32.0 Å². The maximum absolute atomic E-state index is 12.4. The highest BCUT2D eigenvalue weighted by Crippen LogP contribution is 2.28. The van der Waals surface area contributed by atoms with E-state index in [4.69, 9.17) is 11.5 Å². The minimum absolute atomic E-state index is 0.203. The molecule has 0 bridgehead atoms. The second kappa shape index (κ2) is 7.07. The summed E-state index contributed by atoms with van der Waals surface area (Å²) in [6.07, 6.45) is 7.27. The van der Waals surface area contributed by atoms with Crippen molar-refractivity contribution in [2.24, 2.45) is 23.3 Å². The van der Waals surface area contributed by atoms with Gasteiger partial charge in [-0.05, 0) is 43.9 Å². The molecule has 2 aliphatic rings. The molecule has 0 aromatic rings. The topological polar surface area (TPSA) is 89.4 Å². The van der Waals surface area contributed by atoms with E-state index in [1.807, 2.05) is 4.90 Å². The quantitative estimate of drug-likeness (QED) is 0.788. The Hall–Kier alpha value is -1.10. The fourth-order valence-electron chi connectivity index (χ4n) is 3.55. The van der Waals surface area contributed by atoms with Crippen LogP contribution in [0.5, 0.6) is 0 Å². The van der Waals surface area contributed by atoms with Gasteiger partial charge in [-0.2, -0.15) is 0 Å². The molecule has 1 aliphatic carbocycles. The Morgan fingerprint density at radius 2 is 1.95 bits per heavy atom. The van der Waals surface area contributed by atoms with Gasteiger partial charge in [-0.1, -0.05) is 6.42 Å². The van der Waals surface area contributed by atoms with E-state index in [-0.39, 0.29) is 17.9 Å². The summed E-state index contributed by atoms with van der Waals surface area (Å²) < 4.78 is 0. The van der Waals surface area contributed by atoms with Crippen LogP contribution in [0.15, 0.2) is 0 Å². The third kappa shape index (κ3) is 4.20. The van der Waals surface area contributed by atoms with Crippen molar-refractivity contribution >= 4 is 11.8 Å². The number of hydrogen-bond acceptors (Lipinski definition) is 3. The van der Waals surface area contributed by atoms with Gasteiger partial charge in [0.15, 0.2) is 0 Å². The number of primary amides is 1. The molecule has 2 fully saturated rings. The largest absolute Gasteiger partial charge is 0.370 e. The summed E-state index contributed by atoms with van der Waals surface area (Å²) in [4.78, 5) is 25.2. The zero-order chi connectivity index (χ0) is 14.5. The molecule has 20 heavy (non-hydrogen) atoms. The highest BCUT2D eigenvalue weighted by molar-refractivity contribution is 5.76. The lowest BCUT2D eigenvalue weighted by Gasteiger charge is -2.33. The summed E-state index contributed by atoms with van der Waals surface area (Å²) in [6, 6.07) is 0.203. The number of carbonyl (C=O) groups is 2. The van der Waals surface area contributed by atoms with E-state index in [9.17, 15) is 9.59 Å². The van der Waals surface area contributed by atoms with E-state index < -0.39 is 0 Å². The van der Waals surface area contributed by atoms with Gasteiger partial charge < -0.3 is 16.4 Å². The molecule has 0 aromatic carbocycles. The molecule has 1 saturated heterocycles. The summed E-state index contributed by atoms with van der Waals surface area (Å²) in [7, 11) is 0. The van der Waals surface area contributed by atoms with Crippen LogP contribution in [0.3, 0.4) is 0 Å². The number of carbonyl (C=O) groups excluding carboxylic acids is 2. The highest BCUT2D eigenvalue weighted by atomic mass is 16.2. The lowest BCUT2D eigenvalue weighted by atomic mass is 9.92. The van der Waals surface area contributed by atoms with Crippen molar-refractivity contribution in [2.75, 3.05) is 13.1 Å². The van der Waals surface area contributed by atoms with Crippen LogP contribution in [0.4, 0.5) is 0 Å². The van der Waals surface area contributed by atoms with Crippen LogP contribution in [0, 0.1) is 11.8 Å². The Kier molecular flexibility index (Phi) is 5.40. The van der Waals surface area contributed by atoms with Crippen LogP contribution in [-0.4, -0.2) is 35.8 Å². The fraction of sp³-hybridized carbons (Fsp3) is 0.867. The van der Waals surface area contributed by atoms with Crippen LogP contribution in [-0.2, 0) is 9.59 Å². The summed E-state index contributed by atoms with van der Waals surface area (Å²) in [6.45, 7) is 1.64. The minimum atomic E-state index is -0.245. The summed E-state index contributed by atoms with van der Waals surface area (Å²) in [5.74, 6) is 0.799. The Labute approximate surface area is 121 Å². The number of rotatable bonds is 5. The number of hydrogen-bond donors (Lipinski definition) is 2. The van der Waals surface area contributed by atoms with Crippen molar-refractivity contribution < 1.29 is 9.59 Å². The molecule has 114 valence electrons. The summed E-state index contributed by atoms with van der Waals surface area (Å²) in [5, 5.41) is 0. The molecule has 2 rings (SSSR count). The molecule has 4 N–H and O–H groups in total. The Balaban J connectivity index is 1.78. The van der Waals surface area contributed by atoms with Crippen LogP contribution in [0.25, 0.3) is 0 Å². The van der Waals surface area contributed by atoms with Gasteiger partial charge in [-0.3, -0.25) is 9.59 Å². The second-order valence-electron chi connectivity index (χ2n) is 6.41. The van der Waals surface area contributed by atoms with E-state index in [2.05, 4.69) is 0 Å². The second-order valence-corrected chi connectivity index (χ2v) is 6.41. The molecule has 2 amide bonds. The molecule has 0 radical (unpaired) electrons. The average molecular weight is 281 g/mol. The van der Waals surface area contributed by atoms with Crippen molar-refractivity contribution in [1.82, 2.24) is 4.90 Å². The van der Waals surface area contributed by atoms with Crippen molar-refractivity contribution in [3.8, 4) is 0 Å². The predicted octanol–water partition coefficient (Wildman–Crippen LogP) is 1.01. The van der Waals surface area contributed by atoms with Gasteiger partial charge in [0.25, 0.3) is 0 Å². The van der Waals surface area contributed by atoms with Crippen LogP contribution in [0.1, 0.15) is 51.4 Å². The molecular weight excluding hydrogens is 254 g/mol. The number of piperidine rings is 1. The van der Waals surface area contributed by atoms with Crippen LogP contribution < -0.4 is 11.5 Å². The highest BCUT2D eigenvalue weighted by Gasteiger charge is 2.30. The normalized spacial score (nSPS) is 30.4. The standard InChI is InChI=1S/C15H27N3O2/c16-13-5-1-4-12(13)9-15(20)18-8-2-3-11(10-18)6-7-14(17)19/h11-13H,1-10,16H2,(H2,17,19)/t11?,12-,13+/m0/s1. The molecule has 1 aliphatic heterocycles. The molecule has 1 heterocycles. The summed E-state index contributed by atoms with van der Waals surface area (Å²) in [5.41, 5.74) is 11.2. The Morgan fingerprint density at radius 1 is 1.15 bits per heavy atom. The van der Waals surface area contributed by atoms with Gasteiger partial charge in [0.05, 0.1) is 0 Å². The number of amides is 2. The van der Waals surface area contributed by atoms with E-state index in [1.54, 1.807) is 0 Å². The maximum Gasteiger partial charge on any atom is 0.222 e. The van der Waals surface area contributed by atoms with Gasteiger partial charge in [0.2, 0.25) is 11.8 Å². The molecule has 0 spiro atoms. The molecule has 3 atom stereocenters. The summed E-state index contributed by atoms with van der Waals surface area (Å²) >= 11 is 0. The third-order valence-corrected chi connectivity index (χ3v) is 4.83. The number of nitrogens with two attached hydrogens (primary N) is 2. The van der Waals surface area contributed by atoms with E-state index in [0.29, 0.717) is 24.7 Å². The first kappa shape index (κ1) is 15.3. The first-order chi connectivity index (χ1) is 9.56. The van der Waals surface area contributed by atoms with E-state index in [1.165, 1.54) is 0 Å². The first-order valence-corrected chi connectivity index (χ1v) is 7.88. The van der Waals surface area contributed by atoms with E-state index >= 15 is 0 Å². The average Bonchev–Trinajstić information content (AvgIpc) is 2.82. The van der Waals surface area contributed by atoms with Gasteiger partial charge in [-0.15, -0.1) is 0 Å². The molecule has 1 unspecified atom stereocenters. The van der Waals surface area contributed by atoms with E-state index in [0.717, 1.165) is 51.6 Å². The maximum atomic E-state index is 12.4. The molecule has 0 aromatic heterocycles. The number of nitrogens with zero attached hydrogens (tertiary/aromatic N) is 1. The zero-order valence-electron chi connectivity index (χ0n) is 12.2. The zero-order valence-corrected chi connectivity index (χ0v) is 12.2. The SMILES string of the molecule is NC(=O)CCC1CCCN(C(=O)C[C@@H]2CCC[C@H]2N)C1. The predicted molar refractivity (Wildman–Crippen MR) is 77.7 cm³/mol. The third-order valence-electron chi connectivity index (χ3n) is 4.83. The minimum Gasteiger partial charge on any atom is -0.370 e. The lowest BCUT2D eigenvalue weighted by molar-refractivity contribution is -0.134. The van der Waals surface area contributed by atoms with Gasteiger partial charge in [0.1, 0.15) is 0 Å².